The molecule has 0 radical (unpaired) electrons. The first-order valence-electron chi connectivity index (χ1n) is 7.33. The molecule has 116 valence electrons. The number of carbonyl (C=O) groups is 1. The van der Waals surface area contributed by atoms with Crippen LogP contribution in [0.25, 0.3) is 0 Å². The fourth-order valence-corrected chi connectivity index (χ4v) is 5.02. The number of Topliss-reactive ketones (excluding diaryl/α,β-unsaturated/α-hetero) is 1. The molecule has 21 heavy (non-hydrogen) atoms. The highest BCUT2D eigenvalue weighted by Crippen LogP contribution is 2.70. The lowest BCUT2D eigenvalue weighted by Crippen LogP contribution is -2.70. The second kappa shape index (κ2) is 3.75. The summed E-state index contributed by atoms with van der Waals surface area (Å²) in [6, 6.07) is 0. The third kappa shape index (κ3) is 1.22. The summed E-state index contributed by atoms with van der Waals surface area (Å²) < 4.78 is 11.6. The van der Waals surface area contributed by atoms with Gasteiger partial charge in [-0.1, -0.05) is 6.92 Å². The molecule has 2 aliphatic carbocycles. The molecule has 0 amide bonds. The number of epoxide rings is 1. The average Bonchev–Trinajstić information content (AvgIpc) is 3.20. The molecule has 2 saturated heterocycles. The summed E-state index contributed by atoms with van der Waals surface area (Å²) in [6.07, 6.45) is -1.14. The lowest BCUT2D eigenvalue weighted by molar-refractivity contribution is -0.244. The highest BCUT2D eigenvalue weighted by atomic mass is 16.6. The molecule has 2 heterocycles. The number of hydrogen-bond acceptors (Lipinski definition) is 6. The van der Waals surface area contributed by atoms with Crippen molar-refractivity contribution in [1.82, 2.24) is 0 Å². The van der Waals surface area contributed by atoms with Gasteiger partial charge in [-0.2, -0.15) is 0 Å². The molecule has 2 aliphatic heterocycles. The van der Waals surface area contributed by atoms with Crippen molar-refractivity contribution in [1.29, 1.82) is 0 Å². The van der Waals surface area contributed by atoms with E-state index in [1.807, 2.05) is 6.92 Å². The van der Waals surface area contributed by atoms with Crippen LogP contribution in [-0.2, 0) is 14.3 Å². The molecule has 0 aromatic rings. The Hall–Kier alpha value is -0.790. The van der Waals surface area contributed by atoms with Crippen LogP contribution in [0, 0.1) is 10.8 Å². The molecule has 1 saturated carbocycles. The van der Waals surface area contributed by atoms with E-state index in [1.54, 1.807) is 13.0 Å². The number of hydrogen-bond donors (Lipinski definition) is 3. The summed E-state index contributed by atoms with van der Waals surface area (Å²) in [6.45, 7) is 3.55. The summed E-state index contributed by atoms with van der Waals surface area (Å²) >= 11 is 0. The molecule has 2 bridgehead atoms. The highest BCUT2D eigenvalue weighted by Gasteiger charge is 2.83. The fraction of sp³-hybridized carbons (Fsp3) is 0.800. The Morgan fingerprint density at radius 1 is 1.43 bits per heavy atom. The third-order valence-corrected chi connectivity index (χ3v) is 6.43. The summed E-state index contributed by atoms with van der Waals surface area (Å²) in [5.41, 5.74) is -2.16. The van der Waals surface area contributed by atoms with Crippen LogP contribution in [0.4, 0.5) is 0 Å². The average molecular weight is 296 g/mol. The van der Waals surface area contributed by atoms with Crippen molar-refractivity contribution in [2.24, 2.45) is 10.8 Å². The predicted octanol–water partition coefficient (Wildman–Crippen LogP) is -0.838. The van der Waals surface area contributed by atoms with Gasteiger partial charge in [-0.05, 0) is 25.0 Å². The molecular formula is C15H20O6. The Balaban J connectivity index is 1.95. The Labute approximate surface area is 122 Å². The summed E-state index contributed by atoms with van der Waals surface area (Å²) in [7, 11) is 0. The number of ketones is 1. The Morgan fingerprint density at radius 3 is 2.67 bits per heavy atom. The number of rotatable bonds is 1. The van der Waals surface area contributed by atoms with E-state index in [1.165, 1.54) is 0 Å². The van der Waals surface area contributed by atoms with E-state index in [2.05, 4.69) is 0 Å². The fourth-order valence-electron chi connectivity index (χ4n) is 5.02. The number of aliphatic hydroxyl groups excluding tert-OH is 3. The lowest BCUT2D eigenvalue weighted by atomic mass is 9.50. The molecule has 4 rings (SSSR count). The molecule has 7 atom stereocenters. The monoisotopic (exact) mass is 296 g/mol. The minimum atomic E-state index is -1.35. The SMILES string of the molecule is CC1=C[C@H]2OC3C(O)CC(C)(C2(CO)C(O)C1=O)[C@]31CO1. The number of aliphatic hydroxyl groups is 3. The molecule has 3 N–H and O–H groups in total. The van der Waals surface area contributed by atoms with E-state index >= 15 is 0 Å². The van der Waals surface area contributed by atoms with Crippen molar-refractivity contribution in [3.63, 3.8) is 0 Å². The molecule has 0 aromatic carbocycles. The standard InChI is InChI=1S/C15H20O6/c1-7-3-9-14(5-16,11(19)10(7)18)13(2)4-8(17)12(21-9)15(13)6-20-15/h3,8-9,11-12,16-17,19H,4-6H2,1-2H3/t8?,9-,11?,12?,13?,14?,15+/m1/s1. The first-order chi connectivity index (χ1) is 9.84. The van der Waals surface area contributed by atoms with Crippen molar-refractivity contribution >= 4 is 5.78 Å². The summed E-state index contributed by atoms with van der Waals surface area (Å²) in [4.78, 5) is 12.3. The van der Waals surface area contributed by atoms with Gasteiger partial charge < -0.3 is 24.8 Å². The van der Waals surface area contributed by atoms with Gasteiger partial charge in [0.15, 0.2) is 5.78 Å². The van der Waals surface area contributed by atoms with Crippen molar-refractivity contribution < 1.29 is 29.6 Å². The molecule has 0 aromatic heterocycles. The number of ether oxygens (including phenoxy) is 2. The molecule has 5 unspecified atom stereocenters. The molecule has 1 spiro atoms. The first-order valence-corrected chi connectivity index (χ1v) is 7.33. The van der Waals surface area contributed by atoms with E-state index in [0.29, 0.717) is 18.6 Å². The van der Waals surface area contributed by atoms with Crippen molar-refractivity contribution in [3.8, 4) is 0 Å². The van der Waals surface area contributed by atoms with E-state index in [4.69, 9.17) is 9.47 Å². The van der Waals surface area contributed by atoms with Gasteiger partial charge in [0.1, 0.15) is 17.8 Å². The van der Waals surface area contributed by atoms with Gasteiger partial charge in [0.05, 0.1) is 30.8 Å². The van der Waals surface area contributed by atoms with Crippen LogP contribution in [0.15, 0.2) is 11.6 Å². The molecule has 6 heteroatoms. The Kier molecular flexibility index (Phi) is 2.47. The summed E-state index contributed by atoms with van der Waals surface area (Å²) in [5, 5.41) is 31.1. The minimum Gasteiger partial charge on any atom is -0.396 e. The van der Waals surface area contributed by atoms with Gasteiger partial charge in [0, 0.05) is 5.41 Å². The molecular weight excluding hydrogens is 276 g/mol. The topological polar surface area (TPSA) is 99.5 Å². The quantitative estimate of drug-likeness (QED) is 0.546. The second-order valence-electron chi connectivity index (χ2n) is 7.07. The van der Waals surface area contributed by atoms with Crippen LogP contribution in [0.5, 0.6) is 0 Å². The van der Waals surface area contributed by atoms with Crippen LogP contribution in [0.3, 0.4) is 0 Å². The normalized spacial score (nSPS) is 58.1. The lowest BCUT2D eigenvalue weighted by Gasteiger charge is -2.58. The zero-order chi connectivity index (χ0) is 15.2. The maximum Gasteiger partial charge on any atom is 0.187 e. The van der Waals surface area contributed by atoms with E-state index in [-0.39, 0.29) is 5.78 Å². The largest absolute Gasteiger partial charge is 0.396 e. The van der Waals surface area contributed by atoms with Gasteiger partial charge >= 0.3 is 0 Å². The van der Waals surface area contributed by atoms with Gasteiger partial charge in [-0.3, -0.25) is 4.79 Å². The predicted molar refractivity (Wildman–Crippen MR) is 70.4 cm³/mol. The van der Waals surface area contributed by atoms with Gasteiger partial charge in [-0.15, -0.1) is 0 Å². The minimum absolute atomic E-state index is 0.339. The van der Waals surface area contributed by atoms with Gasteiger partial charge in [0.25, 0.3) is 0 Å². The van der Waals surface area contributed by atoms with Gasteiger partial charge in [-0.25, -0.2) is 0 Å². The van der Waals surface area contributed by atoms with Crippen LogP contribution in [-0.4, -0.2) is 64.3 Å². The third-order valence-electron chi connectivity index (χ3n) is 6.43. The van der Waals surface area contributed by atoms with Crippen LogP contribution >= 0.6 is 0 Å². The second-order valence-corrected chi connectivity index (χ2v) is 7.07. The first kappa shape index (κ1) is 13.8. The molecule has 4 aliphatic rings. The zero-order valence-electron chi connectivity index (χ0n) is 12.1. The van der Waals surface area contributed by atoms with Crippen LogP contribution in [0.2, 0.25) is 0 Å². The van der Waals surface area contributed by atoms with E-state index < -0.39 is 47.5 Å². The smallest absolute Gasteiger partial charge is 0.187 e. The number of fused-ring (bicyclic) bond motifs is 2. The molecule has 6 nitrogen and oxygen atoms in total. The van der Waals surface area contributed by atoms with Gasteiger partial charge in [0.2, 0.25) is 0 Å². The molecule has 3 fully saturated rings. The Morgan fingerprint density at radius 2 is 2.10 bits per heavy atom. The van der Waals surface area contributed by atoms with Crippen molar-refractivity contribution in [2.45, 2.75) is 50.3 Å². The van der Waals surface area contributed by atoms with Crippen molar-refractivity contribution in [2.75, 3.05) is 13.2 Å². The Bertz CT molecular complexity index is 552. The number of carbonyl (C=O) groups excluding carboxylic acids is 1. The van der Waals surface area contributed by atoms with Crippen LogP contribution < -0.4 is 0 Å². The van der Waals surface area contributed by atoms with E-state index in [9.17, 15) is 20.1 Å². The summed E-state index contributed by atoms with van der Waals surface area (Å²) in [5.74, 6) is -0.388. The van der Waals surface area contributed by atoms with Crippen LogP contribution in [0.1, 0.15) is 20.3 Å². The van der Waals surface area contributed by atoms with Crippen molar-refractivity contribution in [3.05, 3.63) is 11.6 Å². The zero-order valence-corrected chi connectivity index (χ0v) is 12.1. The van der Waals surface area contributed by atoms with E-state index in [0.717, 1.165) is 0 Å². The maximum absolute atomic E-state index is 12.3. The highest BCUT2D eigenvalue weighted by molar-refractivity contribution is 6.00. The maximum atomic E-state index is 12.3.